The summed E-state index contributed by atoms with van der Waals surface area (Å²) in [5.74, 6) is -0.770. The van der Waals surface area contributed by atoms with Gasteiger partial charge in [-0.05, 0) is 30.5 Å². The molecule has 0 aliphatic rings. The monoisotopic (exact) mass is 362 g/mol. The molecule has 0 unspecified atom stereocenters. The van der Waals surface area contributed by atoms with Crippen molar-refractivity contribution in [2.75, 3.05) is 23.8 Å². The maximum absolute atomic E-state index is 12.1. The molecule has 0 atom stereocenters. The van der Waals surface area contributed by atoms with Crippen LogP contribution in [-0.2, 0) is 14.3 Å². The van der Waals surface area contributed by atoms with Crippen molar-refractivity contribution in [3.63, 3.8) is 0 Å². The van der Waals surface area contributed by atoms with Crippen molar-refractivity contribution in [3.05, 3.63) is 72.3 Å². The number of hydrogen-bond donors (Lipinski definition) is 2. The van der Waals surface area contributed by atoms with Crippen molar-refractivity contribution >= 4 is 34.0 Å². The molecule has 0 bridgehead atoms. The van der Waals surface area contributed by atoms with Gasteiger partial charge in [0.15, 0.2) is 6.61 Å². The minimum atomic E-state index is -0.414. The summed E-state index contributed by atoms with van der Waals surface area (Å²) in [4.78, 5) is 23.9. The smallest absolute Gasteiger partial charge is 0.308 e. The lowest BCUT2D eigenvalue weighted by Crippen LogP contribution is -2.22. The molecule has 5 nitrogen and oxygen atoms in total. The van der Waals surface area contributed by atoms with E-state index in [0.717, 1.165) is 16.5 Å². The number of carbonyl (C=O) groups is 2. The highest BCUT2D eigenvalue weighted by Crippen LogP contribution is 2.22. The third-order valence-corrected chi connectivity index (χ3v) is 4.14. The van der Waals surface area contributed by atoms with Gasteiger partial charge in [0.2, 0.25) is 0 Å². The first-order valence-corrected chi connectivity index (χ1v) is 8.85. The maximum atomic E-state index is 12.1. The molecule has 2 N–H and O–H groups in total. The number of carbonyl (C=O) groups excluding carboxylic acids is 2. The fraction of sp³-hybridized carbons (Fsp3) is 0.182. The minimum Gasteiger partial charge on any atom is -0.456 e. The number of rotatable bonds is 7. The van der Waals surface area contributed by atoms with Crippen LogP contribution in [0.1, 0.15) is 12.0 Å². The van der Waals surface area contributed by atoms with Crippen LogP contribution < -0.4 is 10.6 Å². The standard InChI is InChI=1S/C22H22N2O3/c1-16-9-11-18(12-10-16)23-14-13-22(26)27-15-21(25)24-20-8-4-6-17-5-2-3-7-19(17)20/h2-12,23H,13-15H2,1H3,(H,24,25). The number of hydrogen-bond acceptors (Lipinski definition) is 4. The first-order chi connectivity index (χ1) is 13.1. The quantitative estimate of drug-likeness (QED) is 0.620. The van der Waals surface area contributed by atoms with Crippen LogP contribution in [0.4, 0.5) is 11.4 Å². The average molecular weight is 362 g/mol. The number of benzene rings is 3. The van der Waals surface area contributed by atoms with E-state index >= 15 is 0 Å². The first kappa shape index (κ1) is 18.5. The Morgan fingerprint density at radius 1 is 0.926 bits per heavy atom. The van der Waals surface area contributed by atoms with Crippen LogP contribution in [-0.4, -0.2) is 25.0 Å². The molecule has 1 amide bonds. The van der Waals surface area contributed by atoms with E-state index in [2.05, 4.69) is 10.6 Å². The number of esters is 1. The van der Waals surface area contributed by atoms with Gasteiger partial charge in [-0.2, -0.15) is 0 Å². The van der Waals surface area contributed by atoms with Gasteiger partial charge < -0.3 is 15.4 Å². The van der Waals surface area contributed by atoms with Crippen LogP contribution in [0.5, 0.6) is 0 Å². The number of nitrogens with one attached hydrogen (secondary N) is 2. The summed E-state index contributed by atoms with van der Waals surface area (Å²) in [5, 5.41) is 7.93. The fourth-order valence-corrected chi connectivity index (χ4v) is 2.72. The molecule has 0 fully saturated rings. The molecule has 27 heavy (non-hydrogen) atoms. The summed E-state index contributed by atoms with van der Waals surface area (Å²) in [6, 6.07) is 21.4. The van der Waals surface area contributed by atoms with E-state index in [9.17, 15) is 9.59 Å². The zero-order chi connectivity index (χ0) is 19.1. The van der Waals surface area contributed by atoms with Crippen LogP contribution in [0.25, 0.3) is 10.8 Å². The highest BCUT2D eigenvalue weighted by Gasteiger charge is 2.09. The van der Waals surface area contributed by atoms with Crippen LogP contribution >= 0.6 is 0 Å². The normalized spacial score (nSPS) is 10.4. The molecular formula is C22H22N2O3. The van der Waals surface area contributed by atoms with E-state index in [1.165, 1.54) is 5.56 Å². The van der Waals surface area contributed by atoms with Gasteiger partial charge in [0.1, 0.15) is 0 Å². The summed E-state index contributed by atoms with van der Waals surface area (Å²) in [5.41, 5.74) is 2.83. The predicted molar refractivity (Wildman–Crippen MR) is 108 cm³/mol. The summed E-state index contributed by atoms with van der Waals surface area (Å²) >= 11 is 0. The van der Waals surface area contributed by atoms with Gasteiger partial charge in [0.05, 0.1) is 6.42 Å². The zero-order valence-electron chi connectivity index (χ0n) is 15.2. The van der Waals surface area contributed by atoms with E-state index in [-0.39, 0.29) is 18.9 Å². The lowest BCUT2D eigenvalue weighted by Gasteiger charge is -2.10. The molecule has 0 radical (unpaired) electrons. The van der Waals surface area contributed by atoms with Crippen LogP contribution in [0.2, 0.25) is 0 Å². The molecule has 3 rings (SSSR count). The fourth-order valence-electron chi connectivity index (χ4n) is 2.72. The van der Waals surface area contributed by atoms with Crippen molar-refractivity contribution in [3.8, 4) is 0 Å². The number of fused-ring (bicyclic) bond motifs is 1. The summed E-state index contributed by atoms with van der Waals surface area (Å²) in [6.45, 7) is 2.17. The van der Waals surface area contributed by atoms with Crippen molar-refractivity contribution in [1.29, 1.82) is 0 Å². The average Bonchev–Trinajstić information content (AvgIpc) is 2.68. The SMILES string of the molecule is Cc1ccc(NCCC(=O)OCC(=O)Nc2cccc3ccccc23)cc1. The molecule has 0 spiro atoms. The molecule has 3 aromatic carbocycles. The summed E-state index contributed by atoms with van der Waals surface area (Å²) < 4.78 is 5.05. The summed E-state index contributed by atoms with van der Waals surface area (Å²) in [7, 11) is 0. The van der Waals surface area contributed by atoms with E-state index in [1.54, 1.807) is 0 Å². The number of amides is 1. The van der Waals surface area contributed by atoms with Crippen LogP contribution in [0.3, 0.4) is 0 Å². The van der Waals surface area contributed by atoms with E-state index in [0.29, 0.717) is 12.2 Å². The molecule has 3 aromatic rings. The Balaban J connectivity index is 1.43. The molecule has 0 saturated carbocycles. The van der Waals surface area contributed by atoms with Gasteiger partial charge in [0, 0.05) is 23.3 Å². The Labute approximate surface area is 158 Å². The number of aryl methyl sites for hydroxylation is 1. The highest BCUT2D eigenvalue weighted by molar-refractivity contribution is 6.02. The second kappa shape index (κ2) is 8.85. The molecule has 0 aliphatic carbocycles. The van der Waals surface area contributed by atoms with Gasteiger partial charge in [-0.1, -0.05) is 54.1 Å². The first-order valence-electron chi connectivity index (χ1n) is 8.85. The van der Waals surface area contributed by atoms with Crippen molar-refractivity contribution in [2.45, 2.75) is 13.3 Å². The maximum Gasteiger partial charge on any atom is 0.308 e. The van der Waals surface area contributed by atoms with Crippen molar-refractivity contribution in [2.24, 2.45) is 0 Å². The van der Waals surface area contributed by atoms with Crippen molar-refractivity contribution < 1.29 is 14.3 Å². The van der Waals surface area contributed by atoms with Crippen LogP contribution in [0.15, 0.2) is 66.7 Å². The van der Waals surface area contributed by atoms with Crippen molar-refractivity contribution in [1.82, 2.24) is 0 Å². The molecule has 0 saturated heterocycles. The van der Waals surface area contributed by atoms with Gasteiger partial charge in [-0.3, -0.25) is 9.59 Å². The molecule has 5 heteroatoms. The lowest BCUT2D eigenvalue weighted by atomic mass is 10.1. The van der Waals surface area contributed by atoms with Crippen LogP contribution in [0, 0.1) is 6.92 Å². The van der Waals surface area contributed by atoms with Gasteiger partial charge in [-0.15, -0.1) is 0 Å². The van der Waals surface area contributed by atoms with Gasteiger partial charge in [0.25, 0.3) is 5.91 Å². The molecule has 0 aromatic heterocycles. The largest absolute Gasteiger partial charge is 0.456 e. The Morgan fingerprint density at radius 3 is 2.48 bits per heavy atom. The van der Waals surface area contributed by atoms with Gasteiger partial charge in [-0.25, -0.2) is 0 Å². The Morgan fingerprint density at radius 2 is 1.67 bits per heavy atom. The van der Waals surface area contributed by atoms with Gasteiger partial charge >= 0.3 is 5.97 Å². The van der Waals surface area contributed by atoms with E-state index in [1.807, 2.05) is 73.7 Å². The summed E-state index contributed by atoms with van der Waals surface area (Å²) in [6.07, 6.45) is 0.190. The second-order valence-corrected chi connectivity index (χ2v) is 6.28. The predicted octanol–water partition coefficient (Wildman–Crippen LogP) is 4.13. The minimum absolute atomic E-state index is 0.190. The Hall–Kier alpha value is -3.34. The zero-order valence-corrected chi connectivity index (χ0v) is 15.2. The molecule has 0 heterocycles. The molecular weight excluding hydrogens is 340 g/mol. The number of anilines is 2. The third-order valence-electron chi connectivity index (χ3n) is 4.14. The Kier molecular flexibility index (Phi) is 6.05. The Bertz CT molecular complexity index is 930. The molecule has 0 aliphatic heterocycles. The highest BCUT2D eigenvalue weighted by atomic mass is 16.5. The van der Waals surface area contributed by atoms with E-state index in [4.69, 9.17) is 4.74 Å². The lowest BCUT2D eigenvalue weighted by molar-refractivity contribution is -0.147. The second-order valence-electron chi connectivity index (χ2n) is 6.28. The molecule has 138 valence electrons. The topological polar surface area (TPSA) is 67.4 Å². The number of ether oxygens (including phenoxy) is 1. The van der Waals surface area contributed by atoms with E-state index < -0.39 is 5.97 Å². The third kappa shape index (κ3) is 5.31.